The predicted molar refractivity (Wildman–Crippen MR) is 82.8 cm³/mol. The Kier molecular flexibility index (Phi) is 3.22. The maximum Gasteiger partial charge on any atom is 0.116 e. The highest BCUT2D eigenvalue weighted by molar-refractivity contribution is 7.18. The fraction of sp³-hybridized carbons (Fsp3) is 0.188. The van der Waals surface area contributed by atoms with E-state index in [1.54, 1.807) is 11.3 Å². The molecular formula is C16H16N2S. The first-order valence-electron chi connectivity index (χ1n) is 6.41. The molecule has 0 aliphatic heterocycles. The van der Waals surface area contributed by atoms with Crippen LogP contribution in [0, 0.1) is 6.92 Å². The molecule has 1 heterocycles. The molecule has 3 heteroatoms. The van der Waals surface area contributed by atoms with E-state index in [0.29, 0.717) is 0 Å². The Morgan fingerprint density at radius 2 is 1.79 bits per heavy atom. The molecule has 1 unspecified atom stereocenters. The topological polar surface area (TPSA) is 24.9 Å². The van der Waals surface area contributed by atoms with Crippen molar-refractivity contribution in [3.63, 3.8) is 0 Å². The van der Waals surface area contributed by atoms with E-state index in [-0.39, 0.29) is 6.04 Å². The number of nitrogens with zero attached hydrogens (tertiary/aromatic N) is 1. The second kappa shape index (κ2) is 5.02. The van der Waals surface area contributed by atoms with E-state index in [2.05, 4.69) is 66.6 Å². The first-order chi connectivity index (χ1) is 9.22. The van der Waals surface area contributed by atoms with Crippen molar-refractivity contribution in [1.82, 2.24) is 4.98 Å². The Morgan fingerprint density at radius 1 is 1.05 bits per heavy atom. The number of benzene rings is 2. The van der Waals surface area contributed by atoms with Crippen LogP contribution in [0.4, 0.5) is 5.69 Å². The lowest BCUT2D eigenvalue weighted by Gasteiger charge is -2.12. The summed E-state index contributed by atoms with van der Waals surface area (Å²) in [6, 6.07) is 17.0. The average molecular weight is 268 g/mol. The SMILES string of the molecule is Cc1ccc(NC(C)c2nc3ccccc3s2)cc1. The van der Waals surface area contributed by atoms with Gasteiger partial charge in [-0.15, -0.1) is 11.3 Å². The van der Waals surface area contributed by atoms with Gasteiger partial charge in [-0.2, -0.15) is 0 Å². The van der Waals surface area contributed by atoms with Gasteiger partial charge in [-0.25, -0.2) is 4.98 Å². The van der Waals surface area contributed by atoms with Crippen LogP contribution in [-0.2, 0) is 0 Å². The van der Waals surface area contributed by atoms with Crippen molar-refractivity contribution < 1.29 is 0 Å². The molecule has 1 atom stereocenters. The van der Waals surface area contributed by atoms with E-state index in [4.69, 9.17) is 0 Å². The van der Waals surface area contributed by atoms with Crippen molar-refractivity contribution in [2.24, 2.45) is 0 Å². The number of rotatable bonds is 3. The molecule has 0 saturated carbocycles. The molecule has 0 fully saturated rings. The summed E-state index contributed by atoms with van der Waals surface area (Å²) < 4.78 is 1.25. The minimum atomic E-state index is 0.222. The smallest absolute Gasteiger partial charge is 0.116 e. The molecule has 3 rings (SSSR count). The van der Waals surface area contributed by atoms with Gasteiger partial charge in [-0.1, -0.05) is 29.8 Å². The van der Waals surface area contributed by atoms with Crippen LogP contribution in [0.15, 0.2) is 48.5 Å². The normalized spacial score (nSPS) is 12.5. The van der Waals surface area contributed by atoms with Gasteiger partial charge < -0.3 is 5.32 Å². The molecule has 96 valence electrons. The van der Waals surface area contributed by atoms with Crippen LogP contribution in [0.3, 0.4) is 0 Å². The molecule has 0 aliphatic rings. The van der Waals surface area contributed by atoms with Gasteiger partial charge in [-0.05, 0) is 38.1 Å². The number of anilines is 1. The lowest BCUT2D eigenvalue weighted by Crippen LogP contribution is -2.05. The van der Waals surface area contributed by atoms with Gasteiger partial charge in [0.1, 0.15) is 5.01 Å². The maximum absolute atomic E-state index is 4.68. The molecule has 19 heavy (non-hydrogen) atoms. The zero-order chi connectivity index (χ0) is 13.2. The summed E-state index contributed by atoms with van der Waals surface area (Å²) in [5.74, 6) is 0. The number of hydrogen-bond acceptors (Lipinski definition) is 3. The van der Waals surface area contributed by atoms with E-state index in [0.717, 1.165) is 16.2 Å². The van der Waals surface area contributed by atoms with Gasteiger partial charge in [0.15, 0.2) is 0 Å². The van der Waals surface area contributed by atoms with Crippen molar-refractivity contribution in [1.29, 1.82) is 0 Å². The fourth-order valence-electron chi connectivity index (χ4n) is 2.04. The van der Waals surface area contributed by atoms with Crippen molar-refractivity contribution in [2.45, 2.75) is 19.9 Å². The monoisotopic (exact) mass is 268 g/mol. The summed E-state index contributed by atoms with van der Waals surface area (Å²) in [6.45, 7) is 4.25. The Hall–Kier alpha value is -1.87. The van der Waals surface area contributed by atoms with Crippen LogP contribution in [-0.4, -0.2) is 4.98 Å². The number of hydrogen-bond donors (Lipinski definition) is 1. The minimum absolute atomic E-state index is 0.222. The molecule has 0 radical (unpaired) electrons. The Labute approximate surface area is 117 Å². The number of aromatic nitrogens is 1. The highest BCUT2D eigenvalue weighted by Gasteiger charge is 2.10. The average Bonchev–Trinajstić information content (AvgIpc) is 2.85. The third kappa shape index (κ3) is 2.61. The van der Waals surface area contributed by atoms with Gasteiger partial charge in [0, 0.05) is 5.69 Å². The molecule has 2 nitrogen and oxygen atoms in total. The number of nitrogens with one attached hydrogen (secondary N) is 1. The molecule has 3 aromatic rings. The van der Waals surface area contributed by atoms with E-state index in [9.17, 15) is 0 Å². The predicted octanol–water partition coefficient (Wildman–Crippen LogP) is 4.78. The third-order valence-electron chi connectivity index (χ3n) is 3.12. The Bertz CT molecular complexity index is 652. The van der Waals surface area contributed by atoms with E-state index in [1.807, 2.05) is 6.07 Å². The van der Waals surface area contributed by atoms with Crippen LogP contribution in [0.2, 0.25) is 0 Å². The van der Waals surface area contributed by atoms with Gasteiger partial charge in [0.2, 0.25) is 0 Å². The number of aryl methyl sites for hydroxylation is 1. The molecular weight excluding hydrogens is 252 g/mol. The van der Waals surface area contributed by atoms with Gasteiger partial charge in [0.05, 0.1) is 16.3 Å². The molecule has 2 aromatic carbocycles. The summed E-state index contributed by atoms with van der Waals surface area (Å²) in [5.41, 5.74) is 3.50. The first-order valence-corrected chi connectivity index (χ1v) is 7.23. The zero-order valence-electron chi connectivity index (χ0n) is 11.1. The van der Waals surface area contributed by atoms with Gasteiger partial charge in [-0.3, -0.25) is 0 Å². The number of para-hydroxylation sites is 1. The van der Waals surface area contributed by atoms with Crippen molar-refractivity contribution in [2.75, 3.05) is 5.32 Å². The maximum atomic E-state index is 4.68. The Balaban J connectivity index is 1.83. The van der Waals surface area contributed by atoms with Crippen LogP contribution < -0.4 is 5.32 Å². The zero-order valence-corrected chi connectivity index (χ0v) is 11.9. The summed E-state index contributed by atoms with van der Waals surface area (Å²) in [6.07, 6.45) is 0. The van der Waals surface area contributed by atoms with Crippen LogP contribution in [0.1, 0.15) is 23.5 Å². The van der Waals surface area contributed by atoms with Crippen molar-refractivity contribution in [3.05, 3.63) is 59.1 Å². The van der Waals surface area contributed by atoms with E-state index >= 15 is 0 Å². The fourth-order valence-corrected chi connectivity index (χ4v) is 3.01. The standard InChI is InChI=1S/C16H16N2S/c1-11-7-9-13(10-8-11)17-12(2)16-18-14-5-3-4-6-15(14)19-16/h3-10,12,17H,1-2H3. The molecule has 0 amide bonds. The molecule has 0 saturated heterocycles. The van der Waals surface area contributed by atoms with Gasteiger partial charge >= 0.3 is 0 Å². The minimum Gasteiger partial charge on any atom is -0.376 e. The molecule has 1 N–H and O–H groups in total. The summed E-state index contributed by atoms with van der Waals surface area (Å²) in [4.78, 5) is 4.68. The number of fused-ring (bicyclic) bond motifs is 1. The highest BCUT2D eigenvalue weighted by Crippen LogP contribution is 2.28. The quantitative estimate of drug-likeness (QED) is 0.739. The van der Waals surface area contributed by atoms with Gasteiger partial charge in [0.25, 0.3) is 0 Å². The largest absolute Gasteiger partial charge is 0.376 e. The van der Waals surface area contributed by atoms with E-state index < -0.39 is 0 Å². The number of thiazole rings is 1. The van der Waals surface area contributed by atoms with Crippen LogP contribution in [0.25, 0.3) is 10.2 Å². The highest BCUT2D eigenvalue weighted by atomic mass is 32.1. The summed E-state index contributed by atoms with van der Waals surface area (Å²) >= 11 is 1.75. The Morgan fingerprint density at radius 3 is 2.53 bits per heavy atom. The third-order valence-corrected chi connectivity index (χ3v) is 4.33. The van der Waals surface area contributed by atoms with Crippen molar-refractivity contribution >= 4 is 27.2 Å². The van der Waals surface area contributed by atoms with Crippen LogP contribution >= 0.6 is 11.3 Å². The lowest BCUT2D eigenvalue weighted by atomic mass is 10.2. The lowest BCUT2D eigenvalue weighted by molar-refractivity contribution is 0.874. The molecule has 1 aromatic heterocycles. The molecule has 0 bridgehead atoms. The summed E-state index contributed by atoms with van der Waals surface area (Å²) in [5, 5.41) is 4.62. The summed E-state index contributed by atoms with van der Waals surface area (Å²) in [7, 11) is 0. The van der Waals surface area contributed by atoms with Crippen LogP contribution in [0.5, 0.6) is 0 Å². The molecule has 0 aliphatic carbocycles. The molecule has 0 spiro atoms. The first kappa shape index (κ1) is 12.2. The second-order valence-electron chi connectivity index (χ2n) is 4.75. The van der Waals surface area contributed by atoms with Crippen molar-refractivity contribution in [3.8, 4) is 0 Å². The second-order valence-corrected chi connectivity index (χ2v) is 5.81. The van der Waals surface area contributed by atoms with E-state index in [1.165, 1.54) is 10.3 Å².